The summed E-state index contributed by atoms with van der Waals surface area (Å²) >= 11 is 0. The van der Waals surface area contributed by atoms with Gasteiger partial charge in [-0.2, -0.15) is 0 Å². The summed E-state index contributed by atoms with van der Waals surface area (Å²) in [7, 11) is 0. The summed E-state index contributed by atoms with van der Waals surface area (Å²) in [6.07, 6.45) is 5.68. The number of carbonyl (C=O) groups excluding carboxylic acids is 1. The summed E-state index contributed by atoms with van der Waals surface area (Å²) in [5.41, 5.74) is 2.03. The second kappa shape index (κ2) is 8.48. The van der Waals surface area contributed by atoms with E-state index < -0.39 is 0 Å². The monoisotopic (exact) mass is 341 g/mol. The van der Waals surface area contributed by atoms with Crippen LogP contribution in [0.15, 0.2) is 42.7 Å². The Morgan fingerprint density at radius 2 is 2.12 bits per heavy atom. The molecule has 0 bridgehead atoms. The molecular formula is C19H23N3O3. The number of aromatic nitrogens is 1. The van der Waals surface area contributed by atoms with E-state index in [1.807, 2.05) is 31.2 Å². The van der Waals surface area contributed by atoms with Gasteiger partial charge in [-0.3, -0.25) is 9.78 Å². The highest BCUT2D eigenvalue weighted by atomic mass is 16.5. The molecule has 1 saturated heterocycles. The van der Waals surface area contributed by atoms with Gasteiger partial charge in [-0.15, -0.1) is 0 Å². The van der Waals surface area contributed by atoms with Gasteiger partial charge in [-0.1, -0.05) is 0 Å². The molecule has 2 aromatic rings. The van der Waals surface area contributed by atoms with Crippen LogP contribution in [0.5, 0.6) is 5.75 Å². The number of nitrogens with zero attached hydrogens (tertiary/aromatic N) is 1. The van der Waals surface area contributed by atoms with Crippen molar-refractivity contribution in [3.05, 3.63) is 48.3 Å². The minimum atomic E-state index is -0.197. The zero-order valence-electron chi connectivity index (χ0n) is 14.3. The van der Waals surface area contributed by atoms with Gasteiger partial charge in [0.25, 0.3) is 5.91 Å². The molecule has 1 amide bonds. The van der Waals surface area contributed by atoms with E-state index >= 15 is 0 Å². The molecule has 1 aliphatic heterocycles. The van der Waals surface area contributed by atoms with Gasteiger partial charge in [0.2, 0.25) is 0 Å². The van der Waals surface area contributed by atoms with Gasteiger partial charge in [-0.05, 0) is 50.1 Å². The van der Waals surface area contributed by atoms with Gasteiger partial charge < -0.3 is 20.1 Å². The van der Waals surface area contributed by atoms with Crippen LogP contribution in [0.2, 0.25) is 0 Å². The molecule has 0 saturated carbocycles. The molecule has 6 nitrogen and oxygen atoms in total. The molecule has 6 heteroatoms. The lowest BCUT2D eigenvalue weighted by atomic mass is 10.2. The van der Waals surface area contributed by atoms with Crippen LogP contribution >= 0.6 is 0 Å². The van der Waals surface area contributed by atoms with Gasteiger partial charge in [0, 0.05) is 31.2 Å². The number of ether oxygens (including phenoxy) is 2. The van der Waals surface area contributed by atoms with E-state index in [2.05, 4.69) is 15.6 Å². The summed E-state index contributed by atoms with van der Waals surface area (Å²) in [5, 5.41) is 6.15. The Kier molecular flexibility index (Phi) is 5.85. The molecule has 132 valence electrons. The molecule has 1 unspecified atom stereocenters. The highest BCUT2D eigenvalue weighted by Crippen LogP contribution is 2.18. The summed E-state index contributed by atoms with van der Waals surface area (Å²) in [6.45, 7) is 4.10. The first-order valence-electron chi connectivity index (χ1n) is 8.59. The maximum Gasteiger partial charge on any atom is 0.257 e. The van der Waals surface area contributed by atoms with E-state index in [-0.39, 0.29) is 12.0 Å². The molecule has 0 aliphatic carbocycles. The maximum absolute atomic E-state index is 12.4. The number of anilines is 2. The number of carbonyl (C=O) groups is 1. The third kappa shape index (κ3) is 4.93. The van der Waals surface area contributed by atoms with Crippen molar-refractivity contribution in [3.8, 4) is 5.75 Å². The molecule has 1 aliphatic rings. The number of amides is 1. The van der Waals surface area contributed by atoms with Crippen LogP contribution in [0, 0.1) is 0 Å². The highest BCUT2D eigenvalue weighted by Gasteiger charge is 2.15. The number of hydrogen-bond acceptors (Lipinski definition) is 5. The van der Waals surface area contributed by atoms with E-state index in [9.17, 15) is 4.79 Å². The van der Waals surface area contributed by atoms with Crippen LogP contribution in [0.1, 0.15) is 30.1 Å². The molecule has 1 aromatic heterocycles. The van der Waals surface area contributed by atoms with Crippen LogP contribution in [-0.2, 0) is 4.74 Å². The molecule has 25 heavy (non-hydrogen) atoms. The van der Waals surface area contributed by atoms with Crippen LogP contribution in [-0.4, -0.2) is 36.8 Å². The lowest BCUT2D eigenvalue weighted by molar-refractivity contribution is 0.102. The van der Waals surface area contributed by atoms with Crippen molar-refractivity contribution in [2.24, 2.45) is 0 Å². The summed E-state index contributed by atoms with van der Waals surface area (Å²) in [5.74, 6) is 0.583. The zero-order valence-corrected chi connectivity index (χ0v) is 14.3. The largest absolute Gasteiger partial charge is 0.494 e. The van der Waals surface area contributed by atoms with E-state index in [1.54, 1.807) is 18.5 Å². The summed E-state index contributed by atoms with van der Waals surface area (Å²) in [6, 6.07) is 9.09. The van der Waals surface area contributed by atoms with E-state index in [1.165, 1.54) is 0 Å². The fourth-order valence-electron chi connectivity index (χ4n) is 2.70. The van der Waals surface area contributed by atoms with Crippen molar-refractivity contribution in [2.45, 2.75) is 25.9 Å². The first kappa shape index (κ1) is 17.2. The second-order valence-electron chi connectivity index (χ2n) is 5.89. The number of hydrogen-bond donors (Lipinski definition) is 2. The van der Waals surface area contributed by atoms with Crippen molar-refractivity contribution >= 4 is 17.3 Å². The van der Waals surface area contributed by atoms with Gasteiger partial charge in [0.1, 0.15) is 5.75 Å². The van der Waals surface area contributed by atoms with E-state index in [0.29, 0.717) is 17.9 Å². The normalized spacial score (nSPS) is 16.4. The molecule has 2 N–H and O–H groups in total. The summed E-state index contributed by atoms with van der Waals surface area (Å²) < 4.78 is 11.0. The lowest BCUT2D eigenvalue weighted by Gasteiger charge is -2.12. The smallest absolute Gasteiger partial charge is 0.257 e. The Balaban J connectivity index is 1.58. The lowest BCUT2D eigenvalue weighted by Crippen LogP contribution is -2.19. The minimum Gasteiger partial charge on any atom is -0.494 e. The average Bonchev–Trinajstić information content (AvgIpc) is 3.16. The van der Waals surface area contributed by atoms with Gasteiger partial charge in [-0.25, -0.2) is 0 Å². The molecule has 1 fully saturated rings. The first-order chi connectivity index (χ1) is 12.2. The van der Waals surface area contributed by atoms with E-state index in [0.717, 1.165) is 37.4 Å². The van der Waals surface area contributed by atoms with Crippen LogP contribution < -0.4 is 15.4 Å². The Hall–Kier alpha value is -2.60. The first-order valence-corrected chi connectivity index (χ1v) is 8.59. The fourth-order valence-corrected chi connectivity index (χ4v) is 2.70. The van der Waals surface area contributed by atoms with Crippen LogP contribution in [0.4, 0.5) is 11.4 Å². The van der Waals surface area contributed by atoms with Crippen molar-refractivity contribution in [3.63, 3.8) is 0 Å². The van der Waals surface area contributed by atoms with Crippen molar-refractivity contribution in [2.75, 3.05) is 30.4 Å². The third-order valence-electron chi connectivity index (χ3n) is 3.98. The molecule has 3 rings (SSSR count). The predicted octanol–water partition coefficient (Wildman–Crippen LogP) is 3.32. The van der Waals surface area contributed by atoms with Crippen molar-refractivity contribution in [1.29, 1.82) is 0 Å². The van der Waals surface area contributed by atoms with Gasteiger partial charge in [0.15, 0.2) is 0 Å². The SMILES string of the molecule is CCOc1ccc(NC(=O)c2cncc(NCC3CCCO3)c2)cc1. The highest BCUT2D eigenvalue weighted by molar-refractivity contribution is 6.04. The Bertz CT molecular complexity index is 697. The van der Waals surface area contributed by atoms with E-state index in [4.69, 9.17) is 9.47 Å². The fraction of sp³-hybridized carbons (Fsp3) is 0.368. The number of rotatable bonds is 7. The topological polar surface area (TPSA) is 72.5 Å². The second-order valence-corrected chi connectivity index (χ2v) is 5.89. The molecular weight excluding hydrogens is 318 g/mol. The van der Waals surface area contributed by atoms with Crippen molar-refractivity contribution < 1.29 is 14.3 Å². The standard InChI is InChI=1S/C19H23N3O3/c1-2-24-17-7-5-15(6-8-17)22-19(23)14-10-16(12-20-11-14)21-13-18-4-3-9-25-18/h5-8,10-12,18,21H,2-4,9,13H2,1H3,(H,22,23). The van der Waals surface area contributed by atoms with Crippen LogP contribution in [0.3, 0.4) is 0 Å². The summed E-state index contributed by atoms with van der Waals surface area (Å²) in [4.78, 5) is 16.5. The number of nitrogens with one attached hydrogen (secondary N) is 2. The maximum atomic E-state index is 12.4. The van der Waals surface area contributed by atoms with Gasteiger partial charge in [0.05, 0.1) is 24.0 Å². The molecule has 2 heterocycles. The zero-order chi connectivity index (χ0) is 17.5. The quantitative estimate of drug-likeness (QED) is 0.808. The molecule has 0 spiro atoms. The van der Waals surface area contributed by atoms with Crippen LogP contribution in [0.25, 0.3) is 0 Å². The molecule has 0 radical (unpaired) electrons. The third-order valence-corrected chi connectivity index (χ3v) is 3.98. The van der Waals surface area contributed by atoms with Crippen molar-refractivity contribution in [1.82, 2.24) is 4.98 Å². The Morgan fingerprint density at radius 1 is 1.28 bits per heavy atom. The minimum absolute atomic E-state index is 0.197. The number of pyridine rings is 1. The molecule has 1 aromatic carbocycles. The average molecular weight is 341 g/mol. The Morgan fingerprint density at radius 3 is 2.84 bits per heavy atom. The predicted molar refractivity (Wildman–Crippen MR) is 97.3 cm³/mol. The number of benzene rings is 1. The Labute approximate surface area is 147 Å². The van der Waals surface area contributed by atoms with Gasteiger partial charge >= 0.3 is 0 Å². The molecule has 1 atom stereocenters.